The van der Waals surface area contributed by atoms with E-state index in [4.69, 9.17) is 0 Å². The molecule has 1 nitrogen and oxygen atoms in total. The second kappa shape index (κ2) is 5.89. The van der Waals surface area contributed by atoms with Crippen molar-refractivity contribution in [2.75, 3.05) is 0 Å². The standard InChI is InChI=1S/C14H23N/c1-4-5-6-7-10-14(2,3)13-8-11-15-12-9-13/h8-9,11-12H,4-7,10H2,1-3H3. The van der Waals surface area contributed by atoms with Gasteiger partial charge >= 0.3 is 0 Å². The van der Waals surface area contributed by atoms with Crippen molar-refractivity contribution >= 4 is 0 Å². The van der Waals surface area contributed by atoms with E-state index in [0.29, 0.717) is 5.41 Å². The van der Waals surface area contributed by atoms with Crippen LogP contribution in [0.25, 0.3) is 0 Å². The minimum atomic E-state index is 0.302. The molecule has 0 aliphatic carbocycles. The Morgan fingerprint density at radius 3 is 2.33 bits per heavy atom. The number of hydrogen-bond donors (Lipinski definition) is 0. The fourth-order valence-corrected chi connectivity index (χ4v) is 1.94. The van der Waals surface area contributed by atoms with Crippen LogP contribution in [0.4, 0.5) is 0 Å². The molecule has 84 valence electrons. The number of unbranched alkanes of at least 4 members (excludes halogenated alkanes) is 3. The molecule has 1 aromatic rings. The van der Waals surface area contributed by atoms with Gasteiger partial charge < -0.3 is 0 Å². The average Bonchev–Trinajstić information content (AvgIpc) is 2.26. The molecule has 0 aromatic carbocycles. The Labute approximate surface area is 93.9 Å². The van der Waals surface area contributed by atoms with E-state index in [1.165, 1.54) is 37.7 Å². The highest BCUT2D eigenvalue weighted by Gasteiger charge is 2.19. The number of nitrogens with zero attached hydrogens (tertiary/aromatic N) is 1. The highest BCUT2D eigenvalue weighted by molar-refractivity contribution is 5.20. The number of pyridine rings is 1. The second-order valence-corrected chi connectivity index (χ2v) is 4.93. The van der Waals surface area contributed by atoms with Crippen LogP contribution >= 0.6 is 0 Å². The van der Waals surface area contributed by atoms with Crippen LogP contribution in [0.2, 0.25) is 0 Å². The maximum Gasteiger partial charge on any atom is 0.0270 e. The van der Waals surface area contributed by atoms with Gasteiger partial charge in [-0.05, 0) is 29.5 Å². The van der Waals surface area contributed by atoms with Gasteiger partial charge in [-0.25, -0.2) is 0 Å². The smallest absolute Gasteiger partial charge is 0.0270 e. The van der Waals surface area contributed by atoms with Crippen molar-refractivity contribution in [3.8, 4) is 0 Å². The molecule has 0 amide bonds. The molecule has 0 radical (unpaired) electrons. The Bertz CT molecular complexity index is 264. The van der Waals surface area contributed by atoms with E-state index < -0.39 is 0 Å². The minimum Gasteiger partial charge on any atom is -0.265 e. The van der Waals surface area contributed by atoms with E-state index in [2.05, 4.69) is 37.9 Å². The van der Waals surface area contributed by atoms with Crippen LogP contribution in [0.15, 0.2) is 24.5 Å². The molecule has 0 N–H and O–H groups in total. The van der Waals surface area contributed by atoms with Crippen molar-refractivity contribution in [2.45, 2.75) is 58.3 Å². The molecule has 0 unspecified atom stereocenters. The summed E-state index contributed by atoms with van der Waals surface area (Å²) in [4.78, 5) is 4.07. The molecule has 0 saturated carbocycles. The van der Waals surface area contributed by atoms with Crippen molar-refractivity contribution in [2.24, 2.45) is 0 Å². The van der Waals surface area contributed by atoms with Crippen LogP contribution in [0.5, 0.6) is 0 Å². The van der Waals surface area contributed by atoms with Gasteiger partial charge in [-0.2, -0.15) is 0 Å². The summed E-state index contributed by atoms with van der Waals surface area (Å²) in [5.74, 6) is 0. The Morgan fingerprint density at radius 1 is 1.07 bits per heavy atom. The normalized spacial score (nSPS) is 11.7. The largest absolute Gasteiger partial charge is 0.265 e. The summed E-state index contributed by atoms with van der Waals surface area (Å²) in [6, 6.07) is 4.28. The van der Waals surface area contributed by atoms with Gasteiger partial charge in [0.1, 0.15) is 0 Å². The fourth-order valence-electron chi connectivity index (χ4n) is 1.94. The summed E-state index contributed by atoms with van der Waals surface area (Å²) in [6.07, 6.45) is 10.4. The van der Waals surface area contributed by atoms with Crippen molar-refractivity contribution in [3.63, 3.8) is 0 Å². The molecule has 1 heteroatoms. The first kappa shape index (κ1) is 12.2. The SMILES string of the molecule is CCCCCCC(C)(C)c1ccncc1. The number of hydrogen-bond acceptors (Lipinski definition) is 1. The van der Waals surface area contributed by atoms with Crippen LogP contribution in [0.3, 0.4) is 0 Å². The highest BCUT2D eigenvalue weighted by Crippen LogP contribution is 2.28. The van der Waals surface area contributed by atoms with Gasteiger partial charge in [-0.1, -0.05) is 46.5 Å². The van der Waals surface area contributed by atoms with Gasteiger partial charge in [0.05, 0.1) is 0 Å². The third-order valence-corrected chi connectivity index (χ3v) is 3.12. The third-order valence-electron chi connectivity index (χ3n) is 3.12. The zero-order chi connectivity index (χ0) is 11.1. The van der Waals surface area contributed by atoms with Gasteiger partial charge in [-0.3, -0.25) is 4.98 Å². The molecule has 0 fully saturated rings. The van der Waals surface area contributed by atoms with E-state index in [-0.39, 0.29) is 0 Å². The number of aromatic nitrogens is 1. The molecular weight excluding hydrogens is 182 g/mol. The van der Waals surface area contributed by atoms with E-state index in [9.17, 15) is 0 Å². The molecule has 15 heavy (non-hydrogen) atoms. The lowest BCUT2D eigenvalue weighted by atomic mass is 9.80. The van der Waals surface area contributed by atoms with Crippen LogP contribution < -0.4 is 0 Å². The summed E-state index contributed by atoms with van der Waals surface area (Å²) >= 11 is 0. The summed E-state index contributed by atoms with van der Waals surface area (Å²) < 4.78 is 0. The molecule has 0 bridgehead atoms. The molecular formula is C14H23N. The van der Waals surface area contributed by atoms with E-state index >= 15 is 0 Å². The molecule has 0 spiro atoms. The monoisotopic (exact) mass is 205 g/mol. The van der Waals surface area contributed by atoms with Crippen molar-refractivity contribution in [1.82, 2.24) is 4.98 Å². The predicted molar refractivity (Wildman–Crippen MR) is 66.0 cm³/mol. The van der Waals surface area contributed by atoms with Gasteiger partial charge in [0.2, 0.25) is 0 Å². The Morgan fingerprint density at radius 2 is 1.73 bits per heavy atom. The average molecular weight is 205 g/mol. The van der Waals surface area contributed by atoms with Crippen molar-refractivity contribution in [1.29, 1.82) is 0 Å². The Balaban J connectivity index is 2.45. The molecule has 0 atom stereocenters. The van der Waals surface area contributed by atoms with Gasteiger partial charge in [0, 0.05) is 12.4 Å². The molecule has 0 aliphatic heterocycles. The van der Waals surface area contributed by atoms with E-state index in [1.54, 1.807) is 0 Å². The summed E-state index contributed by atoms with van der Waals surface area (Å²) in [7, 11) is 0. The molecule has 1 rings (SSSR count). The van der Waals surface area contributed by atoms with Gasteiger partial charge in [0.25, 0.3) is 0 Å². The molecule has 0 saturated heterocycles. The predicted octanol–water partition coefficient (Wildman–Crippen LogP) is 4.33. The van der Waals surface area contributed by atoms with Gasteiger partial charge in [0.15, 0.2) is 0 Å². The first-order valence-electron chi connectivity index (χ1n) is 6.07. The zero-order valence-corrected chi connectivity index (χ0v) is 10.3. The zero-order valence-electron chi connectivity index (χ0n) is 10.3. The van der Waals surface area contributed by atoms with E-state index in [1.807, 2.05) is 12.4 Å². The first-order chi connectivity index (χ1) is 7.17. The lowest BCUT2D eigenvalue weighted by Crippen LogP contribution is -2.16. The molecule has 0 aliphatic rings. The maximum atomic E-state index is 4.07. The molecule has 1 heterocycles. The highest BCUT2D eigenvalue weighted by atomic mass is 14.6. The van der Waals surface area contributed by atoms with Crippen molar-refractivity contribution < 1.29 is 0 Å². The minimum absolute atomic E-state index is 0.302. The second-order valence-electron chi connectivity index (χ2n) is 4.93. The van der Waals surface area contributed by atoms with Crippen LogP contribution in [0, 0.1) is 0 Å². The van der Waals surface area contributed by atoms with Crippen LogP contribution in [-0.2, 0) is 5.41 Å². The fraction of sp³-hybridized carbons (Fsp3) is 0.643. The lowest BCUT2D eigenvalue weighted by molar-refractivity contribution is 0.446. The van der Waals surface area contributed by atoms with Crippen molar-refractivity contribution in [3.05, 3.63) is 30.1 Å². The number of rotatable bonds is 6. The topological polar surface area (TPSA) is 12.9 Å². The summed E-state index contributed by atoms with van der Waals surface area (Å²) in [5.41, 5.74) is 1.71. The first-order valence-corrected chi connectivity index (χ1v) is 6.07. The van der Waals surface area contributed by atoms with E-state index in [0.717, 1.165) is 0 Å². The summed E-state index contributed by atoms with van der Waals surface area (Å²) in [5, 5.41) is 0. The quantitative estimate of drug-likeness (QED) is 0.630. The lowest BCUT2D eigenvalue weighted by Gasteiger charge is -2.25. The third kappa shape index (κ3) is 4.03. The maximum absolute atomic E-state index is 4.07. The van der Waals surface area contributed by atoms with Crippen LogP contribution in [0.1, 0.15) is 58.4 Å². The van der Waals surface area contributed by atoms with Gasteiger partial charge in [-0.15, -0.1) is 0 Å². The molecule has 1 aromatic heterocycles. The van der Waals surface area contributed by atoms with Crippen LogP contribution in [-0.4, -0.2) is 4.98 Å². The Hall–Kier alpha value is -0.850. The Kier molecular flexibility index (Phi) is 4.80. The summed E-state index contributed by atoms with van der Waals surface area (Å²) in [6.45, 7) is 6.91.